The molecule has 3 aromatic carbocycles. The van der Waals surface area contributed by atoms with Gasteiger partial charge in [0.05, 0.1) is 11.5 Å². The molecule has 0 amide bonds. The first-order chi connectivity index (χ1) is 16.5. The average Bonchev–Trinajstić information content (AvgIpc) is 2.88. The molecule has 1 aliphatic rings. The van der Waals surface area contributed by atoms with Crippen molar-refractivity contribution in [2.45, 2.75) is 12.0 Å². The summed E-state index contributed by atoms with van der Waals surface area (Å²) in [5, 5.41) is 22.5. The van der Waals surface area contributed by atoms with E-state index in [9.17, 15) is 15.2 Å². The molecule has 4 rings (SSSR count). The summed E-state index contributed by atoms with van der Waals surface area (Å²) >= 11 is 3.46. The van der Waals surface area contributed by atoms with Gasteiger partial charge >= 0.3 is 0 Å². The second-order valence-electron chi connectivity index (χ2n) is 8.30. The molecular formula is C27H26BrN3O3. The quantitative estimate of drug-likeness (QED) is 0.287. The predicted octanol–water partition coefficient (Wildman–Crippen LogP) is 4.81. The number of piperazine rings is 1. The van der Waals surface area contributed by atoms with E-state index in [1.807, 2.05) is 54.6 Å². The van der Waals surface area contributed by atoms with E-state index >= 15 is 0 Å². The SMILES string of the molecule is O=[N+]([O-])c1ccc(N2CCN(CC#CC[C@](O)(c3ccccc3)c3ccc(Br)cc3)CC2)cc1. The van der Waals surface area contributed by atoms with E-state index in [1.165, 1.54) is 0 Å². The Labute approximate surface area is 208 Å². The van der Waals surface area contributed by atoms with Gasteiger partial charge in [-0.15, -0.1) is 0 Å². The third-order valence-electron chi connectivity index (χ3n) is 6.14. The van der Waals surface area contributed by atoms with Crippen molar-refractivity contribution in [1.82, 2.24) is 4.90 Å². The fourth-order valence-electron chi connectivity index (χ4n) is 4.12. The zero-order valence-electron chi connectivity index (χ0n) is 18.7. The zero-order chi connectivity index (χ0) is 24.0. The van der Waals surface area contributed by atoms with E-state index in [2.05, 4.69) is 37.6 Å². The van der Waals surface area contributed by atoms with Crippen LogP contribution in [-0.4, -0.2) is 47.7 Å². The number of rotatable bonds is 6. The first kappa shape index (κ1) is 24.0. The van der Waals surface area contributed by atoms with Gasteiger partial charge in [0.1, 0.15) is 5.60 Å². The normalized spacial score (nSPS) is 15.8. The molecule has 0 radical (unpaired) electrons. The minimum atomic E-state index is -1.18. The van der Waals surface area contributed by atoms with Crippen LogP contribution in [0.25, 0.3) is 0 Å². The van der Waals surface area contributed by atoms with E-state index < -0.39 is 5.60 Å². The van der Waals surface area contributed by atoms with Crippen molar-refractivity contribution in [2.24, 2.45) is 0 Å². The minimum Gasteiger partial charge on any atom is -0.379 e. The molecule has 1 atom stereocenters. The Morgan fingerprint density at radius 3 is 2.12 bits per heavy atom. The maximum Gasteiger partial charge on any atom is 0.269 e. The number of hydrogen-bond donors (Lipinski definition) is 1. The number of hydrogen-bond acceptors (Lipinski definition) is 5. The molecule has 0 saturated carbocycles. The van der Waals surface area contributed by atoms with Crippen LogP contribution in [0, 0.1) is 22.0 Å². The van der Waals surface area contributed by atoms with Crippen molar-refractivity contribution < 1.29 is 10.0 Å². The van der Waals surface area contributed by atoms with Gasteiger partial charge in [0, 0.05) is 54.9 Å². The molecule has 0 spiro atoms. The van der Waals surface area contributed by atoms with Crippen LogP contribution in [0.3, 0.4) is 0 Å². The Kier molecular flexibility index (Phi) is 7.63. The Morgan fingerprint density at radius 1 is 0.882 bits per heavy atom. The first-order valence-corrected chi connectivity index (χ1v) is 12.0. The summed E-state index contributed by atoms with van der Waals surface area (Å²) < 4.78 is 0.964. The molecule has 1 aliphatic heterocycles. The molecule has 1 saturated heterocycles. The van der Waals surface area contributed by atoms with Gasteiger partial charge in [-0.25, -0.2) is 0 Å². The fraction of sp³-hybridized carbons (Fsp3) is 0.259. The standard InChI is InChI=1S/C27H26BrN3O3/c28-24-10-8-23(9-11-24)27(32,22-6-2-1-3-7-22)16-4-5-17-29-18-20-30(21-19-29)25-12-14-26(15-13-25)31(33)34/h1-3,6-15,32H,16-21H2/t27-/m0/s1. The molecule has 7 heteroatoms. The average molecular weight is 520 g/mol. The summed E-state index contributed by atoms with van der Waals surface area (Å²) in [7, 11) is 0. The lowest BCUT2D eigenvalue weighted by atomic mass is 9.84. The molecule has 0 bridgehead atoms. The molecule has 1 N–H and O–H groups in total. The first-order valence-electron chi connectivity index (χ1n) is 11.2. The fourth-order valence-corrected chi connectivity index (χ4v) is 4.38. The molecule has 1 fully saturated rings. The lowest BCUT2D eigenvalue weighted by Gasteiger charge is -2.35. The molecule has 0 unspecified atom stereocenters. The van der Waals surface area contributed by atoms with E-state index in [4.69, 9.17) is 0 Å². The topological polar surface area (TPSA) is 69.9 Å². The number of non-ortho nitro benzene ring substituents is 1. The van der Waals surface area contributed by atoms with Gasteiger partial charge in [0.25, 0.3) is 5.69 Å². The molecule has 1 heterocycles. The molecule has 0 aliphatic carbocycles. The lowest BCUT2D eigenvalue weighted by molar-refractivity contribution is -0.384. The van der Waals surface area contributed by atoms with Crippen LogP contribution in [0.4, 0.5) is 11.4 Å². The molecule has 0 aromatic heterocycles. The van der Waals surface area contributed by atoms with E-state index in [-0.39, 0.29) is 10.6 Å². The number of anilines is 1. The van der Waals surface area contributed by atoms with Gasteiger partial charge in [-0.1, -0.05) is 70.2 Å². The number of halogens is 1. The van der Waals surface area contributed by atoms with Crippen molar-refractivity contribution in [1.29, 1.82) is 0 Å². The van der Waals surface area contributed by atoms with Crippen LogP contribution >= 0.6 is 15.9 Å². The lowest BCUT2D eigenvalue weighted by Crippen LogP contribution is -2.46. The highest BCUT2D eigenvalue weighted by Gasteiger charge is 2.30. The van der Waals surface area contributed by atoms with E-state index in [0.717, 1.165) is 47.5 Å². The summed E-state index contributed by atoms with van der Waals surface area (Å²) in [6.07, 6.45) is 0.307. The number of nitrogens with zero attached hydrogens (tertiary/aromatic N) is 3. The van der Waals surface area contributed by atoms with Crippen molar-refractivity contribution in [3.05, 3.63) is 105 Å². The molecule has 3 aromatic rings. The van der Waals surface area contributed by atoms with Gasteiger partial charge in [-0.3, -0.25) is 15.0 Å². The largest absolute Gasteiger partial charge is 0.379 e. The molecule has 6 nitrogen and oxygen atoms in total. The summed E-state index contributed by atoms with van der Waals surface area (Å²) in [5.41, 5.74) is 1.56. The van der Waals surface area contributed by atoms with Gasteiger partial charge in [-0.05, 0) is 35.4 Å². The van der Waals surface area contributed by atoms with Crippen LogP contribution in [0.2, 0.25) is 0 Å². The summed E-state index contributed by atoms with van der Waals surface area (Å²) in [4.78, 5) is 15.0. The highest BCUT2D eigenvalue weighted by Crippen LogP contribution is 2.33. The van der Waals surface area contributed by atoms with Crippen molar-refractivity contribution in [3.8, 4) is 11.8 Å². The maximum absolute atomic E-state index is 11.6. The second-order valence-corrected chi connectivity index (χ2v) is 9.22. The monoisotopic (exact) mass is 519 g/mol. The van der Waals surface area contributed by atoms with Gasteiger partial charge in [-0.2, -0.15) is 0 Å². The maximum atomic E-state index is 11.6. The summed E-state index contributed by atoms with van der Waals surface area (Å²) in [6, 6.07) is 24.1. The summed E-state index contributed by atoms with van der Waals surface area (Å²) in [5.74, 6) is 6.46. The third-order valence-corrected chi connectivity index (χ3v) is 6.67. The molecule has 174 valence electrons. The van der Waals surface area contributed by atoms with Crippen LogP contribution in [0.5, 0.6) is 0 Å². The highest BCUT2D eigenvalue weighted by atomic mass is 79.9. The Morgan fingerprint density at radius 2 is 1.50 bits per heavy atom. The third kappa shape index (κ3) is 5.65. The predicted molar refractivity (Wildman–Crippen MR) is 138 cm³/mol. The van der Waals surface area contributed by atoms with E-state index in [1.54, 1.807) is 24.3 Å². The smallest absolute Gasteiger partial charge is 0.269 e. The molecule has 34 heavy (non-hydrogen) atoms. The summed E-state index contributed by atoms with van der Waals surface area (Å²) in [6.45, 7) is 4.04. The number of nitro benzene ring substituents is 1. The Hall–Kier alpha value is -3.18. The second kappa shape index (κ2) is 10.8. The minimum absolute atomic E-state index is 0.108. The zero-order valence-corrected chi connectivity index (χ0v) is 20.3. The van der Waals surface area contributed by atoms with Crippen molar-refractivity contribution >= 4 is 27.3 Å². The van der Waals surface area contributed by atoms with Crippen LogP contribution in [0.15, 0.2) is 83.3 Å². The van der Waals surface area contributed by atoms with Crippen molar-refractivity contribution in [3.63, 3.8) is 0 Å². The van der Waals surface area contributed by atoms with Gasteiger partial charge in [0.15, 0.2) is 0 Å². The van der Waals surface area contributed by atoms with Crippen LogP contribution in [-0.2, 0) is 5.60 Å². The number of aliphatic hydroxyl groups is 1. The number of nitro groups is 1. The Bertz CT molecular complexity index is 1170. The van der Waals surface area contributed by atoms with Crippen molar-refractivity contribution in [2.75, 3.05) is 37.6 Å². The van der Waals surface area contributed by atoms with Crippen LogP contribution in [0.1, 0.15) is 17.5 Å². The van der Waals surface area contributed by atoms with Gasteiger partial charge < -0.3 is 10.0 Å². The molecular weight excluding hydrogens is 494 g/mol. The Balaban J connectivity index is 1.36. The van der Waals surface area contributed by atoms with E-state index in [0.29, 0.717) is 13.0 Å². The van der Waals surface area contributed by atoms with Crippen LogP contribution < -0.4 is 4.90 Å². The highest BCUT2D eigenvalue weighted by molar-refractivity contribution is 9.10. The van der Waals surface area contributed by atoms with Gasteiger partial charge in [0.2, 0.25) is 0 Å². The number of benzene rings is 3.